The number of hydrogen-bond acceptors (Lipinski definition) is 2. The molecule has 1 N–H and O–H groups in total. The summed E-state index contributed by atoms with van der Waals surface area (Å²) in [5.41, 5.74) is 0.109. The Kier molecular flexibility index (Phi) is 6.46. The molecule has 1 rings (SSSR count). The van der Waals surface area contributed by atoms with Crippen LogP contribution >= 0.6 is 11.3 Å². The molecule has 1 aromatic rings. The van der Waals surface area contributed by atoms with E-state index in [0.29, 0.717) is 6.04 Å². The highest BCUT2D eigenvalue weighted by molar-refractivity contribution is 7.09. The van der Waals surface area contributed by atoms with Gasteiger partial charge in [-0.05, 0) is 51.6 Å². The summed E-state index contributed by atoms with van der Waals surface area (Å²) in [6.07, 6.45) is 3.21. The number of thiophene rings is 1. The van der Waals surface area contributed by atoms with Crippen molar-refractivity contribution in [2.75, 3.05) is 6.54 Å². The van der Waals surface area contributed by atoms with E-state index in [9.17, 15) is 0 Å². The van der Waals surface area contributed by atoms with Crippen LogP contribution in [0.2, 0.25) is 0 Å². The molecule has 0 aromatic carbocycles. The molecule has 0 fully saturated rings. The molecule has 1 unspecified atom stereocenters. The van der Waals surface area contributed by atoms with Crippen LogP contribution in [-0.2, 0) is 6.42 Å². The molecule has 1 nitrogen and oxygen atoms in total. The van der Waals surface area contributed by atoms with Crippen molar-refractivity contribution in [2.24, 2.45) is 5.41 Å². The first-order valence-electron chi connectivity index (χ1n) is 6.77. The van der Waals surface area contributed by atoms with Gasteiger partial charge in [0.1, 0.15) is 0 Å². The van der Waals surface area contributed by atoms with E-state index in [1.807, 2.05) is 11.3 Å². The maximum atomic E-state index is 3.60. The predicted molar refractivity (Wildman–Crippen MR) is 82.0 cm³/mol. The van der Waals surface area contributed by atoms with Gasteiger partial charge in [0.25, 0.3) is 0 Å². The highest BCUT2D eigenvalue weighted by atomic mass is 32.1. The van der Waals surface area contributed by atoms with Gasteiger partial charge in [-0.15, -0.1) is 17.3 Å². The maximum absolute atomic E-state index is 3.60. The van der Waals surface area contributed by atoms with Crippen molar-refractivity contribution in [2.45, 2.75) is 53.0 Å². The molecular formula is C16H25NS. The van der Waals surface area contributed by atoms with E-state index >= 15 is 0 Å². The molecule has 1 atom stereocenters. The average molecular weight is 263 g/mol. The van der Waals surface area contributed by atoms with E-state index < -0.39 is 0 Å². The summed E-state index contributed by atoms with van der Waals surface area (Å²) in [5, 5.41) is 5.74. The van der Waals surface area contributed by atoms with E-state index in [1.165, 1.54) is 11.3 Å². The monoisotopic (exact) mass is 263 g/mol. The van der Waals surface area contributed by atoms with E-state index in [2.05, 4.69) is 62.4 Å². The molecule has 2 heteroatoms. The number of nitrogens with one attached hydrogen (secondary N) is 1. The van der Waals surface area contributed by atoms with Crippen LogP contribution < -0.4 is 5.32 Å². The predicted octanol–water partition coefficient (Wildman–Crippen LogP) is 4.10. The van der Waals surface area contributed by atoms with Crippen LogP contribution in [0.3, 0.4) is 0 Å². The Labute approximate surface area is 116 Å². The van der Waals surface area contributed by atoms with Crippen molar-refractivity contribution < 1.29 is 0 Å². The Balaban J connectivity index is 2.52. The Morgan fingerprint density at radius 3 is 2.72 bits per heavy atom. The minimum absolute atomic E-state index is 0.109. The summed E-state index contributed by atoms with van der Waals surface area (Å²) in [5.74, 6) is 6.66. The minimum atomic E-state index is 0.109. The SMILES string of the molecule is CCCNC(CC#CC(C)(C)C)Cc1cccs1. The molecule has 0 aliphatic heterocycles. The fraction of sp³-hybridized carbons (Fsp3) is 0.625. The van der Waals surface area contributed by atoms with Crippen LogP contribution in [0.1, 0.15) is 45.4 Å². The van der Waals surface area contributed by atoms with Crippen molar-refractivity contribution >= 4 is 11.3 Å². The van der Waals surface area contributed by atoms with E-state index in [1.54, 1.807) is 0 Å². The van der Waals surface area contributed by atoms with E-state index in [0.717, 1.165) is 19.4 Å². The highest BCUT2D eigenvalue weighted by Gasteiger charge is 2.09. The first kappa shape index (κ1) is 15.3. The second-order valence-corrected chi connectivity index (χ2v) is 6.72. The quantitative estimate of drug-likeness (QED) is 0.762. The zero-order valence-electron chi connectivity index (χ0n) is 12.0. The number of hydrogen-bond donors (Lipinski definition) is 1. The van der Waals surface area contributed by atoms with Crippen molar-refractivity contribution in [1.82, 2.24) is 5.32 Å². The molecule has 0 bridgehead atoms. The van der Waals surface area contributed by atoms with Gasteiger partial charge in [0.15, 0.2) is 0 Å². The average Bonchev–Trinajstić information content (AvgIpc) is 2.76. The molecule has 100 valence electrons. The molecular weight excluding hydrogens is 238 g/mol. The molecule has 0 amide bonds. The normalized spacial score (nSPS) is 12.9. The maximum Gasteiger partial charge on any atom is 0.0247 e. The molecule has 1 aromatic heterocycles. The van der Waals surface area contributed by atoms with E-state index in [4.69, 9.17) is 0 Å². The third kappa shape index (κ3) is 6.83. The van der Waals surface area contributed by atoms with Crippen LogP contribution in [0.5, 0.6) is 0 Å². The summed E-state index contributed by atoms with van der Waals surface area (Å²) >= 11 is 1.84. The summed E-state index contributed by atoms with van der Waals surface area (Å²) in [7, 11) is 0. The van der Waals surface area contributed by atoms with Gasteiger partial charge in [-0.1, -0.05) is 18.9 Å². The molecule has 1 heterocycles. The van der Waals surface area contributed by atoms with Crippen molar-refractivity contribution in [3.8, 4) is 11.8 Å². The topological polar surface area (TPSA) is 12.0 Å². The molecule has 0 aliphatic carbocycles. The van der Waals surface area contributed by atoms with Crippen molar-refractivity contribution in [3.05, 3.63) is 22.4 Å². The van der Waals surface area contributed by atoms with Crippen LogP contribution in [0.15, 0.2) is 17.5 Å². The lowest BCUT2D eigenvalue weighted by Crippen LogP contribution is -2.31. The van der Waals surface area contributed by atoms with Gasteiger partial charge in [0, 0.05) is 22.8 Å². The molecule has 18 heavy (non-hydrogen) atoms. The fourth-order valence-electron chi connectivity index (χ4n) is 1.68. The lowest BCUT2D eigenvalue weighted by molar-refractivity contribution is 0.517. The third-order valence-electron chi connectivity index (χ3n) is 2.52. The lowest BCUT2D eigenvalue weighted by atomic mass is 9.97. The van der Waals surface area contributed by atoms with Gasteiger partial charge in [0.05, 0.1) is 0 Å². The first-order valence-corrected chi connectivity index (χ1v) is 7.65. The van der Waals surface area contributed by atoms with Gasteiger partial charge in [0.2, 0.25) is 0 Å². The van der Waals surface area contributed by atoms with Gasteiger partial charge in [-0.25, -0.2) is 0 Å². The standard InChI is InChI=1S/C16H25NS/c1-5-11-17-14(8-6-10-16(2,3)4)13-15-9-7-12-18-15/h7,9,12,14,17H,5,8,11,13H2,1-4H3. The third-order valence-corrected chi connectivity index (χ3v) is 3.42. The van der Waals surface area contributed by atoms with E-state index in [-0.39, 0.29) is 5.41 Å². The summed E-state index contributed by atoms with van der Waals surface area (Å²) in [4.78, 5) is 1.45. The second-order valence-electron chi connectivity index (χ2n) is 5.69. The summed E-state index contributed by atoms with van der Waals surface area (Å²) in [6, 6.07) is 4.82. The summed E-state index contributed by atoms with van der Waals surface area (Å²) in [6.45, 7) is 9.76. The fourth-order valence-corrected chi connectivity index (χ4v) is 2.46. The Hall–Kier alpha value is -0.780. The van der Waals surface area contributed by atoms with Gasteiger partial charge in [-0.3, -0.25) is 0 Å². The van der Waals surface area contributed by atoms with Crippen LogP contribution in [0.25, 0.3) is 0 Å². The van der Waals surface area contributed by atoms with Gasteiger partial charge in [-0.2, -0.15) is 0 Å². The number of rotatable bonds is 6. The molecule has 0 saturated carbocycles. The molecule has 0 spiro atoms. The second kappa shape index (κ2) is 7.61. The zero-order valence-corrected chi connectivity index (χ0v) is 12.9. The molecule has 0 aliphatic rings. The van der Waals surface area contributed by atoms with Crippen LogP contribution in [0.4, 0.5) is 0 Å². The molecule has 0 saturated heterocycles. The Morgan fingerprint density at radius 1 is 1.39 bits per heavy atom. The van der Waals surface area contributed by atoms with Gasteiger partial charge < -0.3 is 5.32 Å². The van der Waals surface area contributed by atoms with Crippen LogP contribution in [0, 0.1) is 17.3 Å². The Bertz CT molecular complexity index is 375. The Morgan fingerprint density at radius 2 is 2.17 bits per heavy atom. The zero-order chi connectivity index (χ0) is 13.4. The first-order chi connectivity index (χ1) is 8.51. The largest absolute Gasteiger partial charge is 0.313 e. The lowest BCUT2D eigenvalue weighted by Gasteiger charge is -2.15. The van der Waals surface area contributed by atoms with Crippen molar-refractivity contribution in [3.63, 3.8) is 0 Å². The van der Waals surface area contributed by atoms with Gasteiger partial charge >= 0.3 is 0 Å². The minimum Gasteiger partial charge on any atom is -0.313 e. The van der Waals surface area contributed by atoms with Crippen molar-refractivity contribution in [1.29, 1.82) is 0 Å². The summed E-state index contributed by atoms with van der Waals surface area (Å²) < 4.78 is 0. The highest BCUT2D eigenvalue weighted by Crippen LogP contribution is 2.13. The smallest absolute Gasteiger partial charge is 0.0247 e. The van der Waals surface area contributed by atoms with Crippen LogP contribution in [-0.4, -0.2) is 12.6 Å². The molecule has 0 radical (unpaired) electrons.